The highest BCUT2D eigenvalue weighted by Gasteiger charge is 2.35. The van der Waals surface area contributed by atoms with Gasteiger partial charge < -0.3 is 4.90 Å². The molecule has 1 aromatic rings. The van der Waals surface area contributed by atoms with Crippen molar-refractivity contribution < 1.29 is 4.79 Å². The lowest BCUT2D eigenvalue weighted by molar-refractivity contribution is -0.149. The van der Waals surface area contributed by atoms with E-state index in [0.29, 0.717) is 5.91 Å². The van der Waals surface area contributed by atoms with Crippen LogP contribution in [-0.2, 0) is 11.3 Å². The number of β-lactam (4-membered cyclic amide) rings is 1. The first-order valence-electron chi connectivity index (χ1n) is 5.70. The molecule has 0 N–H and O–H groups in total. The maximum atomic E-state index is 11.8. The summed E-state index contributed by atoms with van der Waals surface area (Å²) in [5.74, 6) is 0.603. The van der Waals surface area contributed by atoms with E-state index >= 15 is 0 Å². The maximum Gasteiger partial charge on any atom is 0.227 e. The second-order valence-electron chi connectivity index (χ2n) is 4.23. The lowest BCUT2D eigenvalue weighted by atomic mass is 9.93. The molecular formula is C13H16BrNO. The molecular weight excluding hydrogens is 266 g/mol. The smallest absolute Gasteiger partial charge is 0.227 e. The van der Waals surface area contributed by atoms with Gasteiger partial charge in [-0.1, -0.05) is 46.3 Å². The van der Waals surface area contributed by atoms with E-state index in [4.69, 9.17) is 0 Å². The SMILES string of the molecule is O=C1C(CCCBr)CN1Cc1ccccc1. The first-order chi connectivity index (χ1) is 7.81. The van der Waals surface area contributed by atoms with Crippen LogP contribution in [0.1, 0.15) is 18.4 Å². The number of hydrogen-bond acceptors (Lipinski definition) is 1. The lowest BCUT2D eigenvalue weighted by Crippen LogP contribution is -2.51. The van der Waals surface area contributed by atoms with Gasteiger partial charge >= 0.3 is 0 Å². The van der Waals surface area contributed by atoms with Gasteiger partial charge in [0.05, 0.1) is 5.92 Å². The molecule has 3 heteroatoms. The highest BCUT2D eigenvalue weighted by atomic mass is 79.9. The zero-order valence-electron chi connectivity index (χ0n) is 9.23. The molecule has 0 radical (unpaired) electrons. The summed E-state index contributed by atoms with van der Waals surface area (Å²) in [6, 6.07) is 10.2. The van der Waals surface area contributed by atoms with Crippen molar-refractivity contribution in [2.45, 2.75) is 19.4 Å². The van der Waals surface area contributed by atoms with Gasteiger partial charge in [0, 0.05) is 18.4 Å². The monoisotopic (exact) mass is 281 g/mol. The number of carbonyl (C=O) groups is 1. The van der Waals surface area contributed by atoms with E-state index in [1.807, 2.05) is 23.1 Å². The standard InChI is InChI=1S/C13H16BrNO/c14-8-4-7-12-10-15(13(12)16)9-11-5-2-1-3-6-11/h1-3,5-6,12H,4,7-10H2. The minimum Gasteiger partial charge on any atom is -0.337 e. The number of nitrogens with zero attached hydrogens (tertiary/aromatic N) is 1. The van der Waals surface area contributed by atoms with Crippen LogP contribution in [-0.4, -0.2) is 22.7 Å². The largest absolute Gasteiger partial charge is 0.337 e. The molecule has 0 saturated carbocycles. The van der Waals surface area contributed by atoms with Gasteiger partial charge in [0.25, 0.3) is 0 Å². The number of carbonyl (C=O) groups excluding carboxylic acids is 1. The summed E-state index contributed by atoms with van der Waals surface area (Å²) in [7, 11) is 0. The van der Waals surface area contributed by atoms with Gasteiger partial charge in [0.1, 0.15) is 0 Å². The third kappa shape index (κ3) is 2.64. The van der Waals surface area contributed by atoms with Crippen LogP contribution in [0.3, 0.4) is 0 Å². The quantitative estimate of drug-likeness (QED) is 0.600. The number of halogens is 1. The first kappa shape index (κ1) is 11.6. The fraction of sp³-hybridized carbons (Fsp3) is 0.462. The van der Waals surface area contributed by atoms with Crippen molar-refractivity contribution >= 4 is 21.8 Å². The molecule has 16 heavy (non-hydrogen) atoms. The fourth-order valence-electron chi connectivity index (χ4n) is 2.06. The Bertz CT molecular complexity index is 352. The van der Waals surface area contributed by atoms with Crippen molar-refractivity contribution in [1.29, 1.82) is 0 Å². The Kier molecular flexibility index (Phi) is 3.99. The predicted molar refractivity (Wildman–Crippen MR) is 68.4 cm³/mol. The number of alkyl halides is 1. The van der Waals surface area contributed by atoms with Gasteiger partial charge in [-0.05, 0) is 18.4 Å². The van der Waals surface area contributed by atoms with Crippen LogP contribution in [0.15, 0.2) is 30.3 Å². The van der Waals surface area contributed by atoms with Gasteiger partial charge in [-0.25, -0.2) is 0 Å². The van der Waals surface area contributed by atoms with Crippen molar-refractivity contribution in [2.75, 3.05) is 11.9 Å². The second-order valence-corrected chi connectivity index (χ2v) is 5.03. The average molecular weight is 282 g/mol. The van der Waals surface area contributed by atoms with Gasteiger partial charge in [-0.15, -0.1) is 0 Å². The molecule has 1 fully saturated rings. The molecule has 0 aromatic heterocycles. The third-order valence-electron chi connectivity index (χ3n) is 3.00. The van der Waals surface area contributed by atoms with E-state index in [2.05, 4.69) is 28.1 Å². The van der Waals surface area contributed by atoms with Crippen molar-refractivity contribution in [1.82, 2.24) is 4.90 Å². The Morgan fingerprint density at radius 1 is 1.31 bits per heavy atom. The molecule has 1 aliphatic heterocycles. The Labute approximate surface area is 105 Å². The number of benzene rings is 1. The van der Waals surface area contributed by atoms with Gasteiger partial charge in [-0.2, -0.15) is 0 Å². The molecule has 1 unspecified atom stereocenters. The van der Waals surface area contributed by atoms with Crippen molar-refractivity contribution in [3.63, 3.8) is 0 Å². The second kappa shape index (κ2) is 5.48. The highest BCUT2D eigenvalue weighted by Crippen LogP contribution is 2.24. The topological polar surface area (TPSA) is 20.3 Å². The first-order valence-corrected chi connectivity index (χ1v) is 6.82. The Morgan fingerprint density at radius 2 is 2.06 bits per heavy atom. The van der Waals surface area contributed by atoms with Crippen LogP contribution in [0, 0.1) is 5.92 Å². The molecule has 1 atom stereocenters. The Balaban J connectivity index is 1.80. The number of likely N-dealkylation sites (tertiary alicyclic amines) is 1. The van der Waals surface area contributed by atoms with Crippen LogP contribution in [0.4, 0.5) is 0 Å². The van der Waals surface area contributed by atoms with Gasteiger partial charge in [0.2, 0.25) is 5.91 Å². The summed E-state index contributed by atoms with van der Waals surface area (Å²) < 4.78 is 0. The molecule has 1 aromatic carbocycles. The Morgan fingerprint density at radius 3 is 2.69 bits per heavy atom. The van der Waals surface area contributed by atoms with Crippen LogP contribution >= 0.6 is 15.9 Å². The molecule has 1 amide bonds. The van der Waals surface area contributed by atoms with Crippen LogP contribution in [0.5, 0.6) is 0 Å². The molecule has 0 bridgehead atoms. The maximum absolute atomic E-state index is 11.8. The summed E-state index contributed by atoms with van der Waals surface area (Å²) in [6.07, 6.45) is 2.12. The van der Waals surface area contributed by atoms with E-state index in [1.165, 1.54) is 5.56 Å². The molecule has 2 rings (SSSR count). The predicted octanol–water partition coefficient (Wildman–Crippen LogP) is 2.82. The molecule has 1 aliphatic rings. The van der Waals surface area contributed by atoms with E-state index in [1.54, 1.807) is 0 Å². The zero-order chi connectivity index (χ0) is 11.4. The summed E-state index contributed by atoms with van der Waals surface area (Å²) in [5.41, 5.74) is 1.22. The van der Waals surface area contributed by atoms with Crippen LogP contribution in [0.25, 0.3) is 0 Å². The molecule has 2 nitrogen and oxygen atoms in total. The van der Waals surface area contributed by atoms with Gasteiger partial charge in [0.15, 0.2) is 0 Å². The summed E-state index contributed by atoms with van der Waals surface area (Å²) in [6.45, 7) is 1.70. The molecule has 0 spiro atoms. The normalized spacial score (nSPS) is 19.7. The molecule has 1 heterocycles. The van der Waals surface area contributed by atoms with Crippen molar-refractivity contribution in [3.05, 3.63) is 35.9 Å². The van der Waals surface area contributed by atoms with E-state index in [9.17, 15) is 4.79 Å². The van der Waals surface area contributed by atoms with E-state index in [-0.39, 0.29) is 5.92 Å². The van der Waals surface area contributed by atoms with E-state index in [0.717, 1.165) is 31.3 Å². The average Bonchev–Trinajstić information content (AvgIpc) is 2.33. The third-order valence-corrected chi connectivity index (χ3v) is 3.56. The number of hydrogen-bond donors (Lipinski definition) is 0. The van der Waals surface area contributed by atoms with Crippen LogP contribution in [0.2, 0.25) is 0 Å². The van der Waals surface area contributed by atoms with Gasteiger partial charge in [-0.3, -0.25) is 4.79 Å². The van der Waals surface area contributed by atoms with Crippen LogP contribution < -0.4 is 0 Å². The van der Waals surface area contributed by atoms with E-state index < -0.39 is 0 Å². The van der Waals surface area contributed by atoms with Crippen molar-refractivity contribution in [3.8, 4) is 0 Å². The zero-order valence-corrected chi connectivity index (χ0v) is 10.8. The summed E-state index contributed by atoms with van der Waals surface area (Å²) >= 11 is 3.40. The fourth-order valence-corrected chi connectivity index (χ4v) is 2.39. The number of amides is 1. The molecule has 86 valence electrons. The minimum absolute atomic E-state index is 0.279. The Hall–Kier alpha value is -0.830. The summed E-state index contributed by atoms with van der Waals surface area (Å²) in [4.78, 5) is 13.7. The molecule has 0 aliphatic carbocycles. The summed E-state index contributed by atoms with van der Waals surface area (Å²) in [5, 5.41) is 0.996. The minimum atomic E-state index is 0.279. The highest BCUT2D eigenvalue weighted by molar-refractivity contribution is 9.09. The van der Waals surface area contributed by atoms with Crippen molar-refractivity contribution in [2.24, 2.45) is 5.92 Å². The lowest BCUT2D eigenvalue weighted by Gasteiger charge is -2.38. The molecule has 1 saturated heterocycles. The number of rotatable bonds is 5.